The summed E-state index contributed by atoms with van der Waals surface area (Å²) < 4.78 is 13.6. The molecule has 0 aliphatic rings. The van der Waals surface area contributed by atoms with Crippen molar-refractivity contribution in [1.82, 2.24) is 9.97 Å². The minimum Gasteiger partial charge on any atom is -0.305 e. The molecule has 22 heavy (non-hydrogen) atoms. The van der Waals surface area contributed by atoms with Crippen LogP contribution in [0.1, 0.15) is 11.4 Å². The summed E-state index contributed by atoms with van der Waals surface area (Å²) in [4.78, 5) is 18.9. The standard InChI is InChI=1S/C16H9Cl2FN2O/c17-10-5-6-14-11(8-10)16(22)21-15(20-14)12(18)7-9-3-1-2-4-13(9)19/h1-8H,(H,20,21,22)/b12-7-. The molecule has 110 valence electrons. The van der Waals surface area contributed by atoms with Crippen LogP contribution < -0.4 is 5.56 Å². The molecule has 0 saturated carbocycles. The Balaban J connectivity index is 2.12. The van der Waals surface area contributed by atoms with Gasteiger partial charge in [0.25, 0.3) is 5.56 Å². The molecule has 1 N–H and O–H groups in total. The number of benzene rings is 2. The molecule has 0 aliphatic carbocycles. The Labute approximate surface area is 135 Å². The predicted octanol–water partition coefficient (Wildman–Crippen LogP) is 4.45. The van der Waals surface area contributed by atoms with Gasteiger partial charge < -0.3 is 4.98 Å². The zero-order valence-electron chi connectivity index (χ0n) is 11.1. The van der Waals surface area contributed by atoms with E-state index in [4.69, 9.17) is 23.2 Å². The van der Waals surface area contributed by atoms with E-state index < -0.39 is 5.82 Å². The second-order valence-electron chi connectivity index (χ2n) is 4.59. The summed E-state index contributed by atoms with van der Waals surface area (Å²) >= 11 is 12.0. The second-order valence-corrected chi connectivity index (χ2v) is 5.43. The lowest BCUT2D eigenvalue weighted by Crippen LogP contribution is -2.10. The molecule has 0 bridgehead atoms. The van der Waals surface area contributed by atoms with E-state index in [0.717, 1.165) is 0 Å². The lowest BCUT2D eigenvalue weighted by Gasteiger charge is -2.03. The predicted molar refractivity (Wildman–Crippen MR) is 87.5 cm³/mol. The second kappa shape index (κ2) is 5.91. The highest BCUT2D eigenvalue weighted by Crippen LogP contribution is 2.22. The number of rotatable bonds is 2. The Bertz CT molecular complexity index is 950. The fraction of sp³-hybridized carbons (Fsp3) is 0. The van der Waals surface area contributed by atoms with Crippen LogP contribution >= 0.6 is 23.2 Å². The Morgan fingerprint density at radius 2 is 2.00 bits per heavy atom. The Hall–Kier alpha value is -2.17. The number of H-pyrrole nitrogens is 1. The minimum absolute atomic E-state index is 0.138. The number of aromatic nitrogens is 2. The highest BCUT2D eigenvalue weighted by atomic mass is 35.5. The van der Waals surface area contributed by atoms with Gasteiger partial charge in [-0.15, -0.1) is 0 Å². The molecule has 0 aliphatic heterocycles. The number of nitrogens with zero attached hydrogens (tertiary/aromatic N) is 1. The van der Waals surface area contributed by atoms with Gasteiger partial charge >= 0.3 is 0 Å². The van der Waals surface area contributed by atoms with Crippen molar-refractivity contribution in [3.63, 3.8) is 0 Å². The lowest BCUT2D eigenvalue weighted by atomic mass is 10.2. The third-order valence-electron chi connectivity index (χ3n) is 3.08. The molecular formula is C16H9Cl2FN2O. The summed E-state index contributed by atoms with van der Waals surface area (Å²) in [5, 5.41) is 0.950. The maximum Gasteiger partial charge on any atom is 0.259 e. The van der Waals surface area contributed by atoms with Crippen molar-refractivity contribution in [2.45, 2.75) is 0 Å². The largest absolute Gasteiger partial charge is 0.305 e. The number of aromatic amines is 1. The van der Waals surface area contributed by atoms with Crippen molar-refractivity contribution in [2.24, 2.45) is 0 Å². The monoisotopic (exact) mass is 334 g/mol. The number of hydrogen-bond acceptors (Lipinski definition) is 2. The molecule has 1 heterocycles. The van der Waals surface area contributed by atoms with Gasteiger partial charge in [0, 0.05) is 10.6 Å². The van der Waals surface area contributed by atoms with Gasteiger partial charge in [-0.3, -0.25) is 4.79 Å². The van der Waals surface area contributed by atoms with Crippen LogP contribution in [0.2, 0.25) is 5.02 Å². The normalized spacial score (nSPS) is 11.9. The van der Waals surface area contributed by atoms with E-state index in [2.05, 4.69) is 9.97 Å². The minimum atomic E-state index is -0.407. The molecule has 6 heteroatoms. The van der Waals surface area contributed by atoms with Crippen LogP contribution in [0.25, 0.3) is 22.0 Å². The van der Waals surface area contributed by atoms with Gasteiger partial charge in [-0.05, 0) is 30.3 Å². The number of nitrogens with one attached hydrogen (secondary N) is 1. The molecule has 1 aromatic heterocycles. The maximum absolute atomic E-state index is 13.6. The Morgan fingerprint density at radius 3 is 2.77 bits per heavy atom. The first-order valence-corrected chi connectivity index (χ1v) is 7.12. The van der Waals surface area contributed by atoms with E-state index in [1.165, 1.54) is 18.2 Å². The third kappa shape index (κ3) is 2.89. The molecule has 0 unspecified atom stereocenters. The fourth-order valence-corrected chi connectivity index (χ4v) is 2.40. The topological polar surface area (TPSA) is 45.8 Å². The quantitative estimate of drug-likeness (QED) is 0.752. The lowest BCUT2D eigenvalue weighted by molar-refractivity contribution is 0.625. The molecular weight excluding hydrogens is 326 g/mol. The molecule has 0 fully saturated rings. The van der Waals surface area contributed by atoms with Crippen molar-refractivity contribution in [2.75, 3.05) is 0 Å². The summed E-state index contributed by atoms with van der Waals surface area (Å²) in [6.07, 6.45) is 1.41. The maximum atomic E-state index is 13.6. The van der Waals surface area contributed by atoms with E-state index >= 15 is 0 Å². The number of fused-ring (bicyclic) bond motifs is 1. The molecule has 0 amide bonds. The van der Waals surface area contributed by atoms with E-state index in [1.807, 2.05) is 0 Å². The van der Waals surface area contributed by atoms with Gasteiger partial charge in [0.1, 0.15) is 5.82 Å². The summed E-state index contributed by atoms with van der Waals surface area (Å²) in [5.74, 6) is -0.236. The van der Waals surface area contributed by atoms with Gasteiger partial charge in [0.2, 0.25) is 0 Å². The van der Waals surface area contributed by atoms with E-state index in [1.54, 1.807) is 30.3 Å². The molecule has 3 aromatic rings. The van der Waals surface area contributed by atoms with E-state index in [9.17, 15) is 9.18 Å². The molecule has 2 aromatic carbocycles. The van der Waals surface area contributed by atoms with E-state index in [0.29, 0.717) is 21.5 Å². The first-order chi connectivity index (χ1) is 10.5. The average Bonchev–Trinajstić information content (AvgIpc) is 2.50. The van der Waals surface area contributed by atoms with Crippen LogP contribution in [0.4, 0.5) is 4.39 Å². The van der Waals surface area contributed by atoms with Crippen molar-refractivity contribution in [3.8, 4) is 0 Å². The van der Waals surface area contributed by atoms with Gasteiger partial charge in [-0.25, -0.2) is 9.37 Å². The number of hydrogen-bond donors (Lipinski definition) is 1. The van der Waals surface area contributed by atoms with Gasteiger partial charge in [-0.1, -0.05) is 41.4 Å². The molecule has 3 rings (SSSR count). The van der Waals surface area contributed by atoms with Crippen LogP contribution in [0.5, 0.6) is 0 Å². The third-order valence-corrected chi connectivity index (χ3v) is 3.60. The Morgan fingerprint density at radius 1 is 1.23 bits per heavy atom. The van der Waals surface area contributed by atoms with Crippen LogP contribution in [0.15, 0.2) is 47.3 Å². The highest BCUT2D eigenvalue weighted by molar-refractivity contribution is 6.50. The van der Waals surface area contributed by atoms with Crippen LogP contribution in [-0.2, 0) is 0 Å². The van der Waals surface area contributed by atoms with Gasteiger partial charge in [0.05, 0.1) is 15.9 Å². The van der Waals surface area contributed by atoms with E-state index in [-0.39, 0.29) is 16.4 Å². The summed E-state index contributed by atoms with van der Waals surface area (Å²) in [7, 11) is 0. The highest BCUT2D eigenvalue weighted by Gasteiger charge is 2.08. The van der Waals surface area contributed by atoms with Crippen LogP contribution in [0, 0.1) is 5.82 Å². The van der Waals surface area contributed by atoms with Gasteiger partial charge in [0.15, 0.2) is 5.82 Å². The molecule has 0 radical (unpaired) electrons. The first-order valence-electron chi connectivity index (χ1n) is 6.36. The zero-order chi connectivity index (χ0) is 15.7. The summed E-state index contributed by atoms with van der Waals surface area (Å²) in [6.45, 7) is 0. The molecule has 0 spiro atoms. The van der Waals surface area contributed by atoms with Crippen LogP contribution in [0.3, 0.4) is 0 Å². The smallest absolute Gasteiger partial charge is 0.259 e. The molecule has 3 nitrogen and oxygen atoms in total. The summed E-state index contributed by atoms with van der Waals surface area (Å²) in [6, 6.07) is 11.0. The van der Waals surface area contributed by atoms with Crippen molar-refractivity contribution in [3.05, 3.63) is 75.0 Å². The molecule has 0 atom stereocenters. The van der Waals surface area contributed by atoms with Crippen molar-refractivity contribution < 1.29 is 4.39 Å². The van der Waals surface area contributed by atoms with Crippen LogP contribution in [-0.4, -0.2) is 9.97 Å². The van der Waals surface area contributed by atoms with Gasteiger partial charge in [-0.2, -0.15) is 0 Å². The SMILES string of the molecule is O=c1[nH]c(/C(Cl)=C/c2ccccc2F)nc2ccc(Cl)cc12. The Kier molecular flexibility index (Phi) is 3.96. The number of halogens is 3. The van der Waals surface area contributed by atoms with Crippen molar-refractivity contribution in [1.29, 1.82) is 0 Å². The summed E-state index contributed by atoms with van der Waals surface area (Å²) in [5.41, 5.74) is 0.414. The first kappa shape index (κ1) is 14.8. The van der Waals surface area contributed by atoms with Crippen molar-refractivity contribution >= 4 is 45.2 Å². The average molecular weight is 335 g/mol. The fourth-order valence-electron chi connectivity index (χ4n) is 2.02. The zero-order valence-corrected chi connectivity index (χ0v) is 12.6. The molecule has 0 saturated heterocycles.